The molecule has 5 heteroatoms. The molecule has 2 aromatic rings. The fourth-order valence-corrected chi connectivity index (χ4v) is 3.07. The van der Waals surface area contributed by atoms with E-state index in [1.54, 1.807) is 0 Å². The van der Waals surface area contributed by atoms with Crippen LogP contribution in [0.15, 0.2) is 59.1 Å². The van der Waals surface area contributed by atoms with Crippen molar-refractivity contribution < 1.29 is 4.79 Å². The summed E-state index contributed by atoms with van der Waals surface area (Å²) in [5.74, 6) is 0.107. The zero-order valence-electron chi connectivity index (χ0n) is 12.1. The third-order valence-corrected chi connectivity index (χ3v) is 4.48. The number of rotatable bonds is 2. The van der Waals surface area contributed by atoms with E-state index in [9.17, 15) is 4.79 Å². The van der Waals surface area contributed by atoms with Crippen LogP contribution in [0.3, 0.4) is 0 Å². The molecule has 1 amide bonds. The van der Waals surface area contributed by atoms with Crippen LogP contribution < -0.4 is 4.90 Å². The fourth-order valence-electron chi connectivity index (χ4n) is 2.61. The molecule has 0 bridgehead atoms. The van der Waals surface area contributed by atoms with Crippen molar-refractivity contribution in [2.24, 2.45) is 0 Å². The molecular formula is C17H18BrClN2O. The molecular weight excluding hydrogens is 364 g/mol. The minimum atomic E-state index is 0. The Morgan fingerprint density at radius 1 is 0.864 bits per heavy atom. The Balaban J connectivity index is 0.00000176. The van der Waals surface area contributed by atoms with Gasteiger partial charge in [0.15, 0.2) is 0 Å². The van der Waals surface area contributed by atoms with E-state index in [1.165, 1.54) is 5.69 Å². The molecule has 0 aromatic heterocycles. The zero-order chi connectivity index (χ0) is 14.7. The quantitative estimate of drug-likeness (QED) is 0.789. The molecule has 0 spiro atoms. The molecule has 0 unspecified atom stereocenters. The fraction of sp³-hybridized carbons (Fsp3) is 0.235. The van der Waals surface area contributed by atoms with Gasteiger partial charge in [-0.1, -0.05) is 30.3 Å². The lowest BCUT2D eigenvalue weighted by Gasteiger charge is -2.36. The topological polar surface area (TPSA) is 23.6 Å². The van der Waals surface area contributed by atoms with Crippen LogP contribution in [0.25, 0.3) is 0 Å². The average Bonchev–Trinajstić information content (AvgIpc) is 2.56. The first kappa shape index (κ1) is 16.8. The predicted octanol–water partition coefficient (Wildman–Crippen LogP) is 3.83. The number of carbonyl (C=O) groups excluding carboxylic acids is 1. The van der Waals surface area contributed by atoms with Gasteiger partial charge >= 0.3 is 0 Å². The average molecular weight is 382 g/mol. The monoisotopic (exact) mass is 380 g/mol. The van der Waals surface area contributed by atoms with Crippen LogP contribution in [0.4, 0.5) is 5.69 Å². The lowest BCUT2D eigenvalue weighted by atomic mass is 10.1. The highest BCUT2D eigenvalue weighted by Crippen LogP contribution is 2.20. The number of benzene rings is 2. The first-order valence-electron chi connectivity index (χ1n) is 7.09. The number of carbonyl (C=O) groups is 1. The number of anilines is 1. The highest BCUT2D eigenvalue weighted by molar-refractivity contribution is 9.10. The molecule has 0 saturated carbocycles. The molecule has 22 heavy (non-hydrogen) atoms. The van der Waals surface area contributed by atoms with Crippen LogP contribution in [0, 0.1) is 0 Å². The summed E-state index contributed by atoms with van der Waals surface area (Å²) in [5.41, 5.74) is 1.97. The Kier molecular flexibility index (Phi) is 5.86. The number of nitrogens with zero attached hydrogens (tertiary/aromatic N) is 2. The van der Waals surface area contributed by atoms with Gasteiger partial charge in [0.1, 0.15) is 0 Å². The Morgan fingerprint density at radius 2 is 1.45 bits per heavy atom. The number of para-hydroxylation sites is 1. The number of amides is 1. The van der Waals surface area contributed by atoms with Gasteiger partial charge in [0.05, 0.1) is 5.56 Å². The van der Waals surface area contributed by atoms with Gasteiger partial charge in [-0.05, 0) is 40.2 Å². The summed E-state index contributed by atoms with van der Waals surface area (Å²) in [6.45, 7) is 3.27. The first-order valence-corrected chi connectivity index (χ1v) is 7.89. The van der Waals surface area contributed by atoms with Crippen LogP contribution in [-0.4, -0.2) is 37.0 Å². The van der Waals surface area contributed by atoms with Crippen molar-refractivity contribution in [2.45, 2.75) is 0 Å². The number of halogens is 2. The molecule has 0 radical (unpaired) electrons. The smallest absolute Gasteiger partial charge is 0.255 e. The van der Waals surface area contributed by atoms with E-state index in [2.05, 4.69) is 33.0 Å². The zero-order valence-corrected chi connectivity index (χ0v) is 14.5. The van der Waals surface area contributed by atoms with Gasteiger partial charge in [-0.25, -0.2) is 0 Å². The summed E-state index contributed by atoms with van der Waals surface area (Å²) in [4.78, 5) is 16.8. The van der Waals surface area contributed by atoms with Crippen LogP contribution in [0.5, 0.6) is 0 Å². The lowest BCUT2D eigenvalue weighted by molar-refractivity contribution is 0.0746. The molecule has 1 heterocycles. The van der Waals surface area contributed by atoms with Crippen molar-refractivity contribution in [3.8, 4) is 0 Å². The largest absolute Gasteiger partial charge is 0.368 e. The maximum Gasteiger partial charge on any atom is 0.255 e. The lowest BCUT2D eigenvalue weighted by Crippen LogP contribution is -2.48. The summed E-state index contributed by atoms with van der Waals surface area (Å²) in [5, 5.41) is 0. The van der Waals surface area contributed by atoms with Gasteiger partial charge in [0.2, 0.25) is 0 Å². The SMILES string of the molecule is Cl.O=C(c1ccccc1Br)N1CCN(c2ccccc2)CC1. The minimum Gasteiger partial charge on any atom is -0.368 e. The van der Waals surface area contributed by atoms with Gasteiger partial charge in [0.25, 0.3) is 5.91 Å². The van der Waals surface area contributed by atoms with Gasteiger partial charge in [-0.15, -0.1) is 12.4 Å². The Hall–Kier alpha value is -1.52. The van der Waals surface area contributed by atoms with Crippen molar-refractivity contribution >= 4 is 39.9 Å². The molecule has 0 atom stereocenters. The second-order valence-corrected chi connectivity index (χ2v) is 5.95. The van der Waals surface area contributed by atoms with Crippen molar-refractivity contribution in [1.82, 2.24) is 4.90 Å². The van der Waals surface area contributed by atoms with Crippen molar-refractivity contribution in [3.63, 3.8) is 0 Å². The summed E-state index contributed by atoms with van der Waals surface area (Å²) in [7, 11) is 0. The van der Waals surface area contributed by atoms with E-state index >= 15 is 0 Å². The highest BCUT2D eigenvalue weighted by atomic mass is 79.9. The predicted molar refractivity (Wildman–Crippen MR) is 95.9 cm³/mol. The molecule has 0 N–H and O–H groups in total. The Labute approximate surface area is 145 Å². The minimum absolute atomic E-state index is 0. The van der Waals surface area contributed by atoms with Gasteiger partial charge < -0.3 is 9.80 Å². The molecule has 1 fully saturated rings. The van der Waals surface area contributed by atoms with Crippen LogP contribution in [-0.2, 0) is 0 Å². The number of hydrogen-bond acceptors (Lipinski definition) is 2. The molecule has 2 aromatic carbocycles. The van der Waals surface area contributed by atoms with Crippen LogP contribution in [0.2, 0.25) is 0 Å². The van der Waals surface area contributed by atoms with E-state index in [4.69, 9.17) is 0 Å². The molecule has 3 rings (SSSR count). The summed E-state index contributed by atoms with van der Waals surface area (Å²) >= 11 is 3.45. The molecule has 116 valence electrons. The molecule has 1 saturated heterocycles. The number of piperazine rings is 1. The maximum atomic E-state index is 12.5. The third-order valence-electron chi connectivity index (χ3n) is 3.79. The normalized spacial score (nSPS) is 14.4. The standard InChI is InChI=1S/C17H17BrN2O.ClH/c18-16-9-5-4-8-15(16)17(21)20-12-10-19(11-13-20)14-6-2-1-3-7-14;/h1-9H,10-13H2;1H. The first-order chi connectivity index (χ1) is 10.3. The summed E-state index contributed by atoms with van der Waals surface area (Å²) < 4.78 is 0.862. The van der Waals surface area contributed by atoms with Crippen molar-refractivity contribution in [2.75, 3.05) is 31.1 Å². The van der Waals surface area contributed by atoms with Crippen molar-refractivity contribution in [1.29, 1.82) is 0 Å². The highest BCUT2D eigenvalue weighted by Gasteiger charge is 2.23. The third kappa shape index (κ3) is 3.62. The Morgan fingerprint density at radius 3 is 2.09 bits per heavy atom. The second kappa shape index (κ2) is 7.65. The molecule has 0 aliphatic carbocycles. The molecule has 1 aliphatic heterocycles. The van der Waals surface area contributed by atoms with Crippen molar-refractivity contribution in [3.05, 3.63) is 64.6 Å². The van der Waals surface area contributed by atoms with Crippen LogP contribution >= 0.6 is 28.3 Å². The maximum absolute atomic E-state index is 12.5. The van der Waals surface area contributed by atoms with Gasteiger partial charge in [0, 0.05) is 36.3 Å². The van der Waals surface area contributed by atoms with E-state index in [0.29, 0.717) is 0 Å². The summed E-state index contributed by atoms with van der Waals surface area (Å²) in [6.07, 6.45) is 0. The number of hydrogen-bond donors (Lipinski definition) is 0. The van der Waals surface area contributed by atoms with Gasteiger partial charge in [-0.2, -0.15) is 0 Å². The van der Waals surface area contributed by atoms with E-state index < -0.39 is 0 Å². The van der Waals surface area contributed by atoms with Gasteiger partial charge in [-0.3, -0.25) is 4.79 Å². The van der Waals surface area contributed by atoms with E-state index in [0.717, 1.165) is 36.2 Å². The molecule has 3 nitrogen and oxygen atoms in total. The second-order valence-electron chi connectivity index (χ2n) is 5.09. The van der Waals surface area contributed by atoms with E-state index in [-0.39, 0.29) is 18.3 Å². The van der Waals surface area contributed by atoms with E-state index in [1.807, 2.05) is 47.4 Å². The molecule has 1 aliphatic rings. The Bertz CT molecular complexity index is 628. The summed E-state index contributed by atoms with van der Waals surface area (Å²) in [6, 6.07) is 18.0. The van der Waals surface area contributed by atoms with Crippen LogP contribution in [0.1, 0.15) is 10.4 Å².